The number of ether oxygens (including phenoxy) is 2. The number of aromatic hydroxyl groups is 1. The molecular formula is C22H24N2O3. The van der Waals surface area contributed by atoms with Crippen molar-refractivity contribution in [3.8, 4) is 34.0 Å². The van der Waals surface area contributed by atoms with Gasteiger partial charge in [0, 0.05) is 30.4 Å². The van der Waals surface area contributed by atoms with Crippen LogP contribution in [0.3, 0.4) is 0 Å². The Morgan fingerprint density at radius 1 is 1.11 bits per heavy atom. The first kappa shape index (κ1) is 17.6. The van der Waals surface area contributed by atoms with Gasteiger partial charge in [0.05, 0.1) is 24.3 Å². The predicted octanol–water partition coefficient (Wildman–Crippen LogP) is 4.67. The van der Waals surface area contributed by atoms with Gasteiger partial charge in [-0.1, -0.05) is 30.3 Å². The maximum Gasteiger partial charge on any atom is 0.161 e. The summed E-state index contributed by atoms with van der Waals surface area (Å²) in [7, 11) is 0. The standard InChI is InChI=1S/C22H24N2O3/c1-2-27-20-14-17(8-9-19(20)25)22-21(16-6-4-3-5-7-16)23-15-24(22)18-10-12-26-13-11-18/h3-9,14-15,18,25H,2,10-13H2,1H3. The third-order valence-electron chi connectivity index (χ3n) is 4.96. The molecule has 0 amide bonds. The zero-order valence-electron chi connectivity index (χ0n) is 15.5. The number of phenols is 1. The van der Waals surface area contributed by atoms with Crippen molar-refractivity contribution in [1.29, 1.82) is 0 Å². The van der Waals surface area contributed by atoms with Crippen LogP contribution in [0.1, 0.15) is 25.8 Å². The van der Waals surface area contributed by atoms with Gasteiger partial charge in [-0.3, -0.25) is 0 Å². The van der Waals surface area contributed by atoms with Gasteiger partial charge in [0.15, 0.2) is 11.5 Å². The number of hydrogen-bond acceptors (Lipinski definition) is 4. The largest absolute Gasteiger partial charge is 0.504 e. The Morgan fingerprint density at radius 3 is 2.63 bits per heavy atom. The molecule has 1 fully saturated rings. The topological polar surface area (TPSA) is 56.5 Å². The maximum absolute atomic E-state index is 10.1. The van der Waals surface area contributed by atoms with Crippen LogP contribution in [0.15, 0.2) is 54.9 Å². The van der Waals surface area contributed by atoms with Gasteiger partial charge >= 0.3 is 0 Å². The molecule has 5 heteroatoms. The van der Waals surface area contributed by atoms with E-state index in [2.05, 4.69) is 16.7 Å². The molecule has 1 N–H and O–H groups in total. The monoisotopic (exact) mass is 364 g/mol. The van der Waals surface area contributed by atoms with Crippen LogP contribution in [0.5, 0.6) is 11.5 Å². The molecule has 2 heterocycles. The highest BCUT2D eigenvalue weighted by Gasteiger charge is 2.23. The highest BCUT2D eigenvalue weighted by atomic mass is 16.5. The molecule has 27 heavy (non-hydrogen) atoms. The zero-order valence-corrected chi connectivity index (χ0v) is 15.5. The summed E-state index contributed by atoms with van der Waals surface area (Å²) in [5.74, 6) is 0.646. The highest BCUT2D eigenvalue weighted by molar-refractivity contribution is 5.79. The average molecular weight is 364 g/mol. The van der Waals surface area contributed by atoms with Crippen LogP contribution in [0.2, 0.25) is 0 Å². The van der Waals surface area contributed by atoms with E-state index in [9.17, 15) is 5.11 Å². The number of hydrogen-bond donors (Lipinski definition) is 1. The summed E-state index contributed by atoms with van der Waals surface area (Å²) >= 11 is 0. The maximum atomic E-state index is 10.1. The number of phenolic OH excluding ortho intramolecular Hbond substituents is 1. The summed E-state index contributed by atoms with van der Waals surface area (Å²) < 4.78 is 13.4. The number of rotatable bonds is 5. The summed E-state index contributed by atoms with van der Waals surface area (Å²) in [5, 5.41) is 10.1. The van der Waals surface area contributed by atoms with Crippen LogP contribution in [-0.2, 0) is 4.74 Å². The Kier molecular flexibility index (Phi) is 5.12. The lowest BCUT2D eigenvalue weighted by Crippen LogP contribution is -2.19. The Labute approximate surface area is 159 Å². The second-order valence-electron chi connectivity index (χ2n) is 6.67. The third-order valence-corrected chi connectivity index (χ3v) is 4.96. The summed E-state index contributed by atoms with van der Waals surface area (Å²) in [5.41, 5.74) is 4.05. The highest BCUT2D eigenvalue weighted by Crippen LogP contribution is 2.39. The van der Waals surface area contributed by atoms with Crippen molar-refractivity contribution < 1.29 is 14.6 Å². The van der Waals surface area contributed by atoms with Crippen LogP contribution in [0.4, 0.5) is 0 Å². The van der Waals surface area contributed by atoms with Crippen LogP contribution in [-0.4, -0.2) is 34.5 Å². The van der Waals surface area contributed by atoms with Crippen molar-refractivity contribution in [1.82, 2.24) is 9.55 Å². The van der Waals surface area contributed by atoms with Crippen LogP contribution in [0, 0.1) is 0 Å². The molecule has 1 saturated heterocycles. The second kappa shape index (κ2) is 7.84. The normalized spacial score (nSPS) is 15.0. The molecule has 1 aromatic heterocycles. The summed E-state index contributed by atoms with van der Waals surface area (Å²) in [6, 6.07) is 16.1. The van der Waals surface area contributed by atoms with E-state index in [0.29, 0.717) is 18.4 Å². The van der Waals surface area contributed by atoms with Gasteiger partial charge in [0.25, 0.3) is 0 Å². The Hall–Kier alpha value is -2.79. The third kappa shape index (κ3) is 3.55. The summed E-state index contributed by atoms with van der Waals surface area (Å²) in [6.07, 6.45) is 3.86. The average Bonchev–Trinajstić information content (AvgIpc) is 3.16. The molecule has 3 aromatic rings. The lowest BCUT2D eigenvalue weighted by Gasteiger charge is -2.25. The molecule has 0 unspecified atom stereocenters. The molecule has 0 spiro atoms. The van der Waals surface area contributed by atoms with Crippen molar-refractivity contribution in [2.45, 2.75) is 25.8 Å². The fourth-order valence-corrected chi connectivity index (χ4v) is 3.63. The minimum absolute atomic E-state index is 0.152. The van der Waals surface area contributed by atoms with E-state index < -0.39 is 0 Å². The Bertz CT molecular complexity index is 899. The summed E-state index contributed by atoms with van der Waals surface area (Å²) in [4.78, 5) is 4.75. The molecule has 4 rings (SSSR count). The smallest absolute Gasteiger partial charge is 0.161 e. The van der Waals surface area contributed by atoms with Crippen molar-refractivity contribution in [2.75, 3.05) is 19.8 Å². The Morgan fingerprint density at radius 2 is 1.89 bits per heavy atom. The van der Waals surface area contributed by atoms with Gasteiger partial charge in [-0.25, -0.2) is 4.98 Å². The first-order valence-electron chi connectivity index (χ1n) is 9.44. The van der Waals surface area contributed by atoms with E-state index in [4.69, 9.17) is 14.5 Å². The molecule has 140 valence electrons. The number of aromatic nitrogens is 2. The van der Waals surface area contributed by atoms with E-state index in [0.717, 1.165) is 48.6 Å². The van der Waals surface area contributed by atoms with Crippen molar-refractivity contribution >= 4 is 0 Å². The molecule has 0 atom stereocenters. The van der Waals surface area contributed by atoms with Gasteiger partial charge in [-0.2, -0.15) is 0 Å². The molecular weight excluding hydrogens is 340 g/mol. The summed E-state index contributed by atoms with van der Waals surface area (Å²) in [6.45, 7) is 3.95. The first-order valence-corrected chi connectivity index (χ1v) is 9.44. The Balaban J connectivity index is 1.86. The number of nitrogens with zero attached hydrogens (tertiary/aromatic N) is 2. The molecule has 0 saturated carbocycles. The van der Waals surface area contributed by atoms with Crippen LogP contribution >= 0.6 is 0 Å². The molecule has 2 aromatic carbocycles. The van der Waals surface area contributed by atoms with Gasteiger partial charge in [-0.15, -0.1) is 0 Å². The van der Waals surface area contributed by atoms with Gasteiger partial charge in [0.2, 0.25) is 0 Å². The predicted molar refractivity (Wildman–Crippen MR) is 105 cm³/mol. The van der Waals surface area contributed by atoms with E-state index in [-0.39, 0.29) is 5.75 Å². The van der Waals surface area contributed by atoms with Crippen molar-refractivity contribution in [2.24, 2.45) is 0 Å². The fraction of sp³-hybridized carbons (Fsp3) is 0.318. The van der Waals surface area contributed by atoms with Gasteiger partial charge in [-0.05, 0) is 38.0 Å². The molecule has 0 radical (unpaired) electrons. The molecule has 1 aliphatic rings. The van der Waals surface area contributed by atoms with Crippen LogP contribution in [0.25, 0.3) is 22.5 Å². The number of benzene rings is 2. The van der Waals surface area contributed by atoms with E-state index in [1.54, 1.807) is 6.07 Å². The minimum atomic E-state index is 0.152. The van der Waals surface area contributed by atoms with Crippen molar-refractivity contribution in [3.63, 3.8) is 0 Å². The molecule has 5 nitrogen and oxygen atoms in total. The fourth-order valence-electron chi connectivity index (χ4n) is 3.63. The SMILES string of the molecule is CCOc1cc(-c2c(-c3ccccc3)ncn2C2CCOCC2)ccc1O. The molecule has 0 aliphatic carbocycles. The van der Waals surface area contributed by atoms with Crippen LogP contribution < -0.4 is 4.74 Å². The van der Waals surface area contributed by atoms with Gasteiger partial charge < -0.3 is 19.1 Å². The number of imidazole rings is 1. The quantitative estimate of drug-likeness (QED) is 0.715. The van der Waals surface area contributed by atoms with Crippen molar-refractivity contribution in [3.05, 3.63) is 54.9 Å². The van der Waals surface area contributed by atoms with E-state index in [1.165, 1.54) is 0 Å². The van der Waals surface area contributed by atoms with Gasteiger partial charge in [0.1, 0.15) is 0 Å². The van der Waals surface area contributed by atoms with E-state index >= 15 is 0 Å². The first-order chi connectivity index (χ1) is 13.3. The lowest BCUT2D eigenvalue weighted by atomic mass is 10.0. The second-order valence-corrected chi connectivity index (χ2v) is 6.67. The van der Waals surface area contributed by atoms with E-state index in [1.807, 2.05) is 43.6 Å². The lowest BCUT2D eigenvalue weighted by molar-refractivity contribution is 0.0699. The minimum Gasteiger partial charge on any atom is -0.504 e. The zero-order chi connectivity index (χ0) is 18.6. The molecule has 0 bridgehead atoms. The molecule has 1 aliphatic heterocycles.